The summed E-state index contributed by atoms with van der Waals surface area (Å²) in [6, 6.07) is 7.69. The summed E-state index contributed by atoms with van der Waals surface area (Å²) < 4.78 is 1.87. The van der Waals surface area contributed by atoms with Gasteiger partial charge in [0.25, 0.3) is 0 Å². The van der Waals surface area contributed by atoms with Gasteiger partial charge in [-0.3, -0.25) is 4.79 Å². The lowest BCUT2D eigenvalue weighted by Gasteiger charge is -2.05. The Bertz CT molecular complexity index is 517. The lowest BCUT2D eigenvalue weighted by Crippen LogP contribution is -2.22. The number of nitrogens with zero attached hydrogens (tertiary/aromatic N) is 1. The Hall–Kier alpha value is -1.81. The second-order valence-corrected chi connectivity index (χ2v) is 3.67. The Balaban J connectivity index is 2.41. The molecule has 1 aromatic heterocycles. The first-order chi connectivity index (χ1) is 7.74. The smallest absolute Gasteiger partial charge is 0.239 e. The third-order valence-corrected chi connectivity index (χ3v) is 2.61. The van der Waals surface area contributed by atoms with Gasteiger partial charge in [-0.05, 0) is 23.1 Å². The Morgan fingerprint density at radius 1 is 1.44 bits per heavy atom. The maximum absolute atomic E-state index is 11.3. The summed E-state index contributed by atoms with van der Waals surface area (Å²) in [7, 11) is 1.62. The molecule has 0 bridgehead atoms. The molecule has 0 aliphatic carbocycles. The van der Waals surface area contributed by atoms with E-state index in [1.807, 2.05) is 35.0 Å². The van der Waals surface area contributed by atoms with E-state index in [4.69, 9.17) is 5.11 Å². The number of hydrogen-bond acceptors (Lipinski definition) is 2. The van der Waals surface area contributed by atoms with Crippen molar-refractivity contribution in [2.45, 2.75) is 13.2 Å². The minimum absolute atomic E-state index is 0.0150. The van der Waals surface area contributed by atoms with Crippen molar-refractivity contribution < 1.29 is 9.90 Å². The van der Waals surface area contributed by atoms with Crippen LogP contribution in [0.15, 0.2) is 30.5 Å². The molecule has 1 aromatic carbocycles. The number of likely N-dealkylation sites (N-methyl/N-ethyl adjacent to an activating group) is 1. The molecule has 0 unspecified atom stereocenters. The number of aromatic nitrogens is 1. The fourth-order valence-corrected chi connectivity index (χ4v) is 1.70. The molecule has 0 spiro atoms. The van der Waals surface area contributed by atoms with E-state index in [2.05, 4.69) is 5.32 Å². The highest BCUT2D eigenvalue weighted by Crippen LogP contribution is 2.17. The first-order valence-electron chi connectivity index (χ1n) is 5.14. The molecule has 1 heterocycles. The molecule has 4 heteroatoms. The summed E-state index contributed by atoms with van der Waals surface area (Å²) in [5, 5.41) is 12.7. The van der Waals surface area contributed by atoms with Crippen molar-refractivity contribution in [3.8, 4) is 0 Å². The fraction of sp³-hybridized carbons (Fsp3) is 0.250. The number of benzene rings is 1. The van der Waals surface area contributed by atoms with Gasteiger partial charge in [0, 0.05) is 18.8 Å². The minimum Gasteiger partial charge on any atom is -0.392 e. The molecule has 1 amide bonds. The summed E-state index contributed by atoms with van der Waals surface area (Å²) in [5.74, 6) is -0.0353. The van der Waals surface area contributed by atoms with Gasteiger partial charge in [-0.15, -0.1) is 0 Å². The molecule has 0 saturated carbocycles. The number of rotatable bonds is 3. The van der Waals surface area contributed by atoms with E-state index in [9.17, 15) is 4.79 Å². The summed E-state index contributed by atoms with van der Waals surface area (Å²) in [6.07, 6.45) is 1.88. The Labute approximate surface area is 93.5 Å². The molecule has 2 N–H and O–H groups in total. The van der Waals surface area contributed by atoms with Crippen LogP contribution in [0, 0.1) is 0 Å². The van der Waals surface area contributed by atoms with E-state index < -0.39 is 0 Å². The number of aliphatic hydroxyl groups excluding tert-OH is 1. The molecule has 16 heavy (non-hydrogen) atoms. The number of aliphatic hydroxyl groups is 1. The minimum atomic E-state index is -0.0353. The van der Waals surface area contributed by atoms with Crippen LogP contribution in [0.3, 0.4) is 0 Å². The molecule has 0 saturated heterocycles. The highest BCUT2D eigenvalue weighted by atomic mass is 16.3. The van der Waals surface area contributed by atoms with Crippen molar-refractivity contribution in [2.24, 2.45) is 0 Å². The average Bonchev–Trinajstić information content (AvgIpc) is 2.71. The fourth-order valence-electron chi connectivity index (χ4n) is 1.70. The van der Waals surface area contributed by atoms with E-state index in [-0.39, 0.29) is 12.5 Å². The third-order valence-electron chi connectivity index (χ3n) is 2.61. The van der Waals surface area contributed by atoms with Gasteiger partial charge in [0.05, 0.1) is 6.61 Å². The molecule has 0 fully saturated rings. The maximum Gasteiger partial charge on any atom is 0.239 e. The first-order valence-corrected chi connectivity index (χ1v) is 5.14. The van der Waals surface area contributed by atoms with E-state index >= 15 is 0 Å². The van der Waals surface area contributed by atoms with Crippen LogP contribution in [0.2, 0.25) is 0 Å². The summed E-state index contributed by atoms with van der Waals surface area (Å²) in [6.45, 7) is 0.315. The van der Waals surface area contributed by atoms with Crippen LogP contribution >= 0.6 is 0 Å². The predicted molar refractivity (Wildman–Crippen MR) is 61.9 cm³/mol. The number of hydrogen-bond donors (Lipinski definition) is 2. The lowest BCUT2D eigenvalue weighted by atomic mass is 10.2. The van der Waals surface area contributed by atoms with Crippen molar-refractivity contribution in [1.82, 2.24) is 9.88 Å². The standard InChI is InChI=1S/C12H14N2O2/c1-13-12(16)7-14-5-4-10-3-2-9(8-15)6-11(10)14/h2-6,15H,7-8H2,1H3,(H,13,16). The van der Waals surface area contributed by atoms with E-state index in [1.54, 1.807) is 7.05 Å². The second kappa shape index (κ2) is 4.37. The third kappa shape index (κ3) is 1.92. The highest BCUT2D eigenvalue weighted by Gasteiger charge is 2.05. The number of carbonyl (C=O) groups excluding carboxylic acids is 1. The van der Waals surface area contributed by atoms with Crippen LogP contribution in [0.25, 0.3) is 10.9 Å². The number of carbonyl (C=O) groups is 1. The van der Waals surface area contributed by atoms with Crippen LogP contribution in [-0.2, 0) is 17.9 Å². The van der Waals surface area contributed by atoms with E-state index in [0.29, 0.717) is 6.54 Å². The molecule has 0 atom stereocenters. The van der Waals surface area contributed by atoms with Gasteiger partial charge >= 0.3 is 0 Å². The predicted octanol–water partition coefficient (Wildman–Crippen LogP) is 0.880. The molecule has 2 rings (SSSR count). The van der Waals surface area contributed by atoms with Gasteiger partial charge in [-0.1, -0.05) is 12.1 Å². The molecule has 0 aliphatic heterocycles. The zero-order valence-electron chi connectivity index (χ0n) is 9.10. The molecular formula is C12H14N2O2. The summed E-state index contributed by atoms with van der Waals surface area (Å²) in [4.78, 5) is 11.3. The van der Waals surface area contributed by atoms with Gasteiger partial charge in [0.2, 0.25) is 5.91 Å². The van der Waals surface area contributed by atoms with Crippen LogP contribution in [-0.4, -0.2) is 22.6 Å². The van der Waals surface area contributed by atoms with Crippen molar-refractivity contribution in [2.75, 3.05) is 7.05 Å². The maximum atomic E-state index is 11.3. The normalized spacial score (nSPS) is 10.6. The Kier molecular flexibility index (Phi) is 2.92. The zero-order chi connectivity index (χ0) is 11.5. The highest BCUT2D eigenvalue weighted by molar-refractivity contribution is 5.83. The van der Waals surface area contributed by atoms with Gasteiger partial charge in [0.15, 0.2) is 0 Å². The van der Waals surface area contributed by atoms with Crippen LogP contribution in [0.1, 0.15) is 5.56 Å². The first kappa shape index (κ1) is 10.7. The second-order valence-electron chi connectivity index (χ2n) is 3.67. The van der Waals surface area contributed by atoms with Crippen molar-refractivity contribution in [1.29, 1.82) is 0 Å². The van der Waals surface area contributed by atoms with E-state index in [1.165, 1.54) is 0 Å². The van der Waals surface area contributed by atoms with Crippen molar-refractivity contribution in [3.05, 3.63) is 36.0 Å². The molecule has 84 valence electrons. The Morgan fingerprint density at radius 3 is 2.94 bits per heavy atom. The largest absolute Gasteiger partial charge is 0.392 e. The number of amides is 1. The van der Waals surface area contributed by atoms with Crippen LogP contribution in [0.5, 0.6) is 0 Å². The summed E-state index contributed by atoms with van der Waals surface area (Å²) in [5.41, 5.74) is 1.82. The number of nitrogens with one attached hydrogen (secondary N) is 1. The quantitative estimate of drug-likeness (QED) is 0.803. The van der Waals surface area contributed by atoms with Crippen LogP contribution < -0.4 is 5.32 Å². The monoisotopic (exact) mass is 218 g/mol. The van der Waals surface area contributed by atoms with Crippen molar-refractivity contribution >= 4 is 16.8 Å². The molecular weight excluding hydrogens is 204 g/mol. The van der Waals surface area contributed by atoms with Gasteiger partial charge < -0.3 is 15.0 Å². The van der Waals surface area contributed by atoms with Crippen LogP contribution in [0.4, 0.5) is 0 Å². The lowest BCUT2D eigenvalue weighted by molar-refractivity contribution is -0.121. The molecule has 0 aliphatic rings. The Morgan fingerprint density at radius 2 is 2.25 bits per heavy atom. The van der Waals surface area contributed by atoms with E-state index in [0.717, 1.165) is 16.5 Å². The molecule has 4 nitrogen and oxygen atoms in total. The van der Waals surface area contributed by atoms with Gasteiger partial charge in [-0.2, -0.15) is 0 Å². The van der Waals surface area contributed by atoms with Gasteiger partial charge in [0.1, 0.15) is 6.54 Å². The molecule has 0 radical (unpaired) electrons. The SMILES string of the molecule is CNC(=O)Cn1ccc2ccc(CO)cc21. The number of fused-ring (bicyclic) bond motifs is 1. The van der Waals surface area contributed by atoms with Crippen molar-refractivity contribution in [3.63, 3.8) is 0 Å². The zero-order valence-corrected chi connectivity index (χ0v) is 9.10. The topological polar surface area (TPSA) is 54.3 Å². The molecule has 2 aromatic rings. The summed E-state index contributed by atoms with van der Waals surface area (Å²) >= 11 is 0. The average molecular weight is 218 g/mol. The van der Waals surface area contributed by atoms with Gasteiger partial charge in [-0.25, -0.2) is 0 Å².